The van der Waals surface area contributed by atoms with E-state index in [2.05, 4.69) is 38.3 Å². The van der Waals surface area contributed by atoms with Crippen molar-refractivity contribution in [1.82, 2.24) is 19.6 Å². The summed E-state index contributed by atoms with van der Waals surface area (Å²) < 4.78 is 20.9. The first-order valence-electron chi connectivity index (χ1n) is 10.5. The predicted molar refractivity (Wildman–Crippen MR) is 124 cm³/mol. The van der Waals surface area contributed by atoms with E-state index in [1.807, 2.05) is 12.1 Å². The van der Waals surface area contributed by atoms with Crippen LogP contribution in [0.2, 0.25) is 0 Å². The molecule has 31 heavy (non-hydrogen) atoms. The molecule has 1 N–H and O–H groups in total. The summed E-state index contributed by atoms with van der Waals surface area (Å²) in [6.45, 7) is 8.96. The van der Waals surface area contributed by atoms with Crippen molar-refractivity contribution in [2.45, 2.75) is 26.8 Å². The summed E-state index contributed by atoms with van der Waals surface area (Å²) in [7, 11) is 4.85. The Morgan fingerprint density at radius 1 is 1.06 bits per heavy atom. The maximum atomic E-state index is 5.60. The Labute approximate surface area is 188 Å². The molecule has 0 atom stereocenters. The molecule has 170 valence electrons. The number of aliphatic imine (C=N–C) groups is 1. The number of aromatic nitrogens is 2. The first-order valence-corrected chi connectivity index (χ1v) is 11.3. The molecule has 1 saturated heterocycles. The number of guanidine groups is 1. The maximum Gasteiger partial charge on any atom is 0.205 e. The van der Waals surface area contributed by atoms with Gasteiger partial charge in [0, 0.05) is 56.2 Å². The van der Waals surface area contributed by atoms with Crippen LogP contribution in [0, 0.1) is 0 Å². The van der Waals surface area contributed by atoms with E-state index in [4.69, 9.17) is 19.2 Å². The van der Waals surface area contributed by atoms with Crippen molar-refractivity contribution in [2.75, 3.05) is 59.0 Å². The van der Waals surface area contributed by atoms with E-state index in [1.165, 1.54) is 11.5 Å². The van der Waals surface area contributed by atoms with Crippen LogP contribution in [-0.2, 0) is 13.0 Å². The third kappa shape index (κ3) is 5.30. The zero-order valence-electron chi connectivity index (χ0n) is 19.0. The molecule has 1 aromatic heterocycles. The Bertz CT molecular complexity index is 880. The molecular weight excluding hydrogens is 416 g/mol. The van der Waals surface area contributed by atoms with Gasteiger partial charge in [0.1, 0.15) is 5.82 Å². The number of methoxy groups -OCH3 is 3. The Hall–Kier alpha value is -2.75. The smallest absolute Gasteiger partial charge is 0.205 e. The summed E-state index contributed by atoms with van der Waals surface area (Å²) in [6, 6.07) is 3.84. The summed E-state index contributed by atoms with van der Waals surface area (Å²) >= 11 is 1.48. The van der Waals surface area contributed by atoms with Gasteiger partial charge in [0.05, 0.1) is 27.9 Å². The van der Waals surface area contributed by atoms with Crippen LogP contribution in [0.25, 0.3) is 0 Å². The minimum atomic E-state index is 0.475. The fourth-order valence-corrected chi connectivity index (χ4v) is 4.30. The van der Waals surface area contributed by atoms with Crippen LogP contribution in [0.3, 0.4) is 0 Å². The van der Waals surface area contributed by atoms with Crippen LogP contribution >= 0.6 is 11.5 Å². The molecule has 2 heterocycles. The number of benzene rings is 1. The molecule has 0 saturated carbocycles. The number of hydrogen-bond donors (Lipinski definition) is 1. The highest BCUT2D eigenvalue weighted by molar-refractivity contribution is 7.09. The Morgan fingerprint density at radius 2 is 1.81 bits per heavy atom. The van der Waals surface area contributed by atoms with Crippen LogP contribution in [-0.4, -0.2) is 74.3 Å². The molecule has 9 nitrogen and oxygen atoms in total. The molecule has 1 fully saturated rings. The molecule has 0 spiro atoms. The Balaban J connectivity index is 1.71. The molecule has 0 bridgehead atoms. The van der Waals surface area contributed by atoms with E-state index in [0.29, 0.717) is 23.8 Å². The molecule has 0 unspecified atom stereocenters. The lowest BCUT2D eigenvalue weighted by molar-refractivity contribution is 0.322. The number of nitrogens with one attached hydrogen (secondary N) is 1. The average molecular weight is 449 g/mol. The average Bonchev–Trinajstić information content (AvgIpc) is 3.30. The third-order valence-corrected chi connectivity index (χ3v) is 5.96. The topological polar surface area (TPSA) is 84.3 Å². The summed E-state index contributed by atoms with van der Waals surface area (Å²) in [6.07, 6.45) is 0.868. The van der Waals surface area contributed by atoms with Crippen molar-refractivity contribution in [1.29, 1.82) is 0 Å². The summed E-state index contributed by atoms with van der Waals surface area (Å²) in [4.78, 5) is 14.1. The van der Waals surface area contributed by atoms with Crippen LogP contribution in [0.1, 0.15) is 25.2 Å². The number of piperazine rings is 1. The number of hydrogen-bond acceptors (Lipinski definition) is 8. The summed E-state index contributed by atoms with van der Waals surface area (Å²) in [5.74, 6) is 3.68. The van der Waals surface area contributed by atoms with Gasteiger partial charge >= 0.3 is 0 Å². The zero-order valence-corrected chi connectivity index (χ0v) is 19.8. The predicted octanol–water partition coefficient (Wildman–Crippen LogP) is 2.41. The van der Waals surface area contributed by atoms with E-state index in [-0.39, 0.29) is 0 Å². The Kier molecular flexibility index (Phi) is 8.16. The lowest BCUT2D eigenvalue weighted by atomic mass is 10.1. The fraction of sp³-hybridized carbons (Fsp3) is 0.571. The van der Waals surface area contributed by atoms with Crippen LogP contribution in [0.5, 0.6) is 17.2 Å². The quantitative estimate of drug-likeness (QED) is 0.487. The highest BCUT2D eigenvalue weighted by Gasteiger charge is 2.22. The molecule has 1 aliphatic rings. The number of rotatable bonds is 8. The first kappa shape index (κ1) is 22.9. The second-order valence-corrected chi connectivity index (χ2v) is 7.71. The molecule has 0 amide bonds. The van der Waals surface area contributed by atoms with Gasteiger partial charge in [-0.2, -0.15) is 4.37 Å². The highest BCUT2D eigenvalue weighted by Crippen LogP contribution is 2.40. The van der Waals surface area contributed by atoms with Gasteiger partial charge in [0.25, 0.3) is 0 Å². The lowest BCUT2D eigenvalue weighted by Crippen LogP contribution is -2.52. The van der Waals surface area contributed by atoms with E-state index < -0.39 is 0 Å². The summed E-state index contributed by atoms with van der Waals surface area (Å²) in [5, 5.41) is 4.42. The van der Waals surface area contributed by atoms with Gasteiger partial charge in [-0.1, -0.05) is 6.92 Å². The maximum absolute atomic E-state index is 5.60. The number of nitrogens with zero attached hydrogens (tertiary/aromatic N) is 5. The van der Waals surface area contributed by atoms with Gasteiger partial charge in [0.2, 0.25) is 10.9 Å². The number of anilines is 1. The van der Waals surface area contributed by atoms with E-state index >= 15 is 0 Å². The normalized spacial score (nSPS) is 14.5. The van der Waals surface area contributed by atoms with Crippen molar-refractivity contribution < 1.29 is 14.2 Å². The molecular formula is C21H32N6O3S. The SMILES string of the molecule is CCNC(=NCc1ccc(OC)c(OC)c1OC)N1CCN(c2nc(CC)ns2)CC1. The Morgan fingerprint density at radius 3 is 2.39 bits per heavy atom. The first-order chi connectivity index (χ1) is 15.1. The lowest BCUT2D eigenvalue weighted by Gasteiger charge is -2.36. The van der Waals surface area contributed by atoms with Crippen LogP contribution in [0.4, 0.5) is 5.13 Å². The second-order valence-electron chi connectivity index (χ2n) is 6.98. The largest absolute Gasteiger partial charge is 0.493 e. The van der Waals surface area contributed by atoms with Crippen molar-refractivity contribution >= 4 is 22.6 Å². The van der Waals surface area contributed by atoms with Crippen molar-refractivity contribution in [3.05, 3.63) is 23.5 Å². The van der Waals surface area contributed by atoms with Crippen LogP contribution < -0.4 is 24.4 Å². The van der Waals surface area contributed by atoms with Gasteiger partial charge in [-0.3, -0.25) is 0 Å². The number of aryl methyl sites for hydroxylation is 1. The molecule has 1 aliphatic heterocycles. The molecule has 3 rings (SSSR count). The minimum absolute atomic E-state index is 0.475. The van der Waals surface area contributed by atoms with Gasteiger partial charge in [-0.15, -0.1) is 0 Å². The zero-order chi connectivity index (χ0) is 22.2. The monoisotopic (exact) mass is 448 g/mol. The van der Waals surface area contributed by atoms with E-state index in [1.54, 1.807) is 21.3 Å². The standard InChI is InChI=1S/C21H32N6O3S/c1-6-17-24-21(31-25-17)27-12-10-26(11-13-27)20(22-7-2)23-14-15-8-9-16(28-3)19(30-5)18(15)29-4/h8-9H,6-7,10-14H2,1-5H3,(H,22,23). The highest BCUT2D eigenvalue weighted by atomic mass is 32.1. The minimum Gasteiger partial charge on any atom is -0.493 e. The van der Waals surface area contributed by atoms with Gasteiger partial charge < -0.3 is 29.3 Å². The van der Waals surface area contributed by atoms with Crippen LogP contribution in [0.15, 0.2) is 17.1 Å². The van der Waals surface area contributed by atoms with E-state index in [9.17, 15) is 0 Å². The van der Waals surface area contributed by atoms with Gasteiger partial charge in [-0.05, 0) is 19.1 Å². The van der Waals surface area contributed by atoms with Gasteiger partial charge in [0.15, 0.2) is 17.5 Å². The van der Waals surface area contributed by atoms with Gasteiger partial charge in [-0.25, -0.2) is 9.98 Å². The molecule has 0 radical (unpaired) electrons. The molecule has 1 aromatic carbocycles. The van der Waals surface area contributed by atoms with Crippen molar-refractivity contribution in [3.8, 4) is 17.2 Å². The summed E-state index contributed by atoms with van der Waals surface area (Å²) in [5.41, 5.74) is 0.940. The van der Waals surface area contributed by atoms with Crippen molar-refractivity contribution in [2.24, 2.45) is 4.99 Å². The number of ether oxygens (including phenoxy) is 3. The van der Waals surface area contributed by atoms with E-state index in [0.717, 1.165) is 61.6 Å². The van der Waals surface area contributed by atoms with Crippen molar-refractivity contribution in [3.63, 3.8) is 0 Å². The molecule has 0 aliphatic carbocycles. The molecule has 10 heteroatoms. The molecule has 2 aromatic rings. The fourth-order valence-electron chi connectivity index (χ4n) is 3.50. The second kappa shape index (κ2) is 11.0. The third-order valence-electron chi connectivity index (χ3n) is 5.14.